The van der Waals surface area contributed by atoms with Crippen LogP contribution < -0.4 is 5.32 Å². The van der Waals surface area contributed by atoms with E-state index in [1.54, 1.807) is 18.7 Å². The summed E-state index contributed by atoms with van der Waals surface area (Å²) in [6, 6.07) is 3.73. The number of nitrogens with zero attached hydrogens (tertiary/aromatic N) is 1. The van der Waals surface area contributed by atoms with Crippen LogP contribution in [-0.2, 0) is 5.75 Å². The van der Waals surface area contributed by atoms with Gasteiger partial charge in [-0.2, -0.15) is 0 Å². The van der Waals surface area contributed by atoms with E-state index < -0.39 is 0 Å². The molecule has 2 unspecified atom stereocenters. The minimum atomic E-state index is -0.323. The van der Waals surface area contributed by atoms with E-state index in [0.717, 1.165) is 18.1 Å². The summed E-state index contributed by atoms with van der Waals surface area (Å²) in [5.41, 5.74) is 0.864. The molecule has 3 nitrogen and oxygen atoms in total. The van der Waals surface area contributed by atoms with Gasteiger partial charge in [0.1, 0.15) is 5.82 Å². The van der Waals surface area contributed by atoms with Crippen LogP contribution in [0.4, 0.5) is 5.82 Å². The molecule has 0 fully saturated rings. The summed E-state index contributed by atoms with van der Waals surface area (Å²) < 4.78 is 0. The summed E-state index contributed by atoms with van der Waals surface area (Å²) in [5, 5.41) is 13.4. The lowest BCUT2D eigenvalue weighted by Gasteiger charge is -2.14. The van der Waals surface area contributed by atoms with Gasteiger partial charge < -0.3 is 10.4 Å². The highest BCUT2D eigenvalue weighted by Gasteiger charge is 2.11. The van der Waals surface area contributed by atoms with Gasteiger partial charge in [0.15, 0.2) is 0 Å². The Bertz CT molecular complexity index is 360. The Morgan fingerprint density at radius 3 is 2.76 bits per heavy atom. The molecule has 1 heterocycles. The highest BCUT2D eigenvalue weighted by molar-refractivity contribution is 7.99. The molecule has 0 aromatic carbocycles. The molecule has 17 heavy (non-hydrogen) atoms. The lowest BCUT2D eigenvalue weighted by molar-refractivity contribution is 0.196. The predicted molar refractivity (Wildman–Crippen MR) is 75.8 cm³/mol. The fourth-order valence-corrected chi connectivity index (χ4v) is 2.39. The molecule has 0 aliphatic heterocycles. The van der Waals surface area contributed by atoms with E-state index in [-0.39, 0.29) is 11.4 Å². The number of thioether (sulfide) groups is 1. The second kappa shape index (κ2) is 7.09. The molecule has 0 radical (unpaired) electrons. The number of anilines is 1. The standard InChI is InChI=1S/C12H19ClN2OS/c1-4-14-12-6-5-10(13)11(15-12)7-17-9(3)8(2)16/h5-6,8-9,16H,4,7H2,1-3H3,(H,14,15). The number of rotatable bonds is 6. The highest BCUT2D eigenvalue weighted by atomic mass is 35.5. The van der Waals surface area contributed by atoms with Gasteiger partial charge in [0.25, 0.3) is 0 Å². The zero-order valence-corrected chi connectivity index (χ0v) is 12.0. The fraction of sp³-hybridized carbons (Fsp3) is 0.583. The number of hydrogen-bond acceptors (Lipinski definition) is 4. The highest BCUT2D eigenvalue weighted by Crippen LogP contribution is 2.25. The third kappa shape index (κ3) is 4.74. The van der Waals surface area contributed by atoms with Crippen molar-refractivity contribution in [2.24, 2.45) is 0 Å². The maximum Gasteiger partial charge on any atom is 0.126 e. The predicted octanol–water partition coefficient (Wildman–Crippen LogP) is 3.17. The van der Waals surface area contributed by atoms with Gasteiger partial charge in [-0.1, -0.05) is 18.5 Å². The molecule has 5 heteroatoms. The normalized spacial score (nSPS) is 14.4. The quantitative estimate of drug-likeness (QED) is 0.836. The zero-order chi connectivity index (χ0) is 12.8. The van der Waals surface area contributed by atoms with Crippen LogP contribution in [0, 0.1) is 0 Å². The molecule has 0 bridgehead atoms. The van der Waals surface area contributed by atoms with E-state index >= 15 is 0 Å². The Kier molecular flexibility index (Phi) is 6.09. The molecule has 1 aromatic heterocycles. The van der Waals surface area contributed by atoms with Gasteiger partial charge in [-0.25, -0.2) is 4.98 Å². The summed E-state index contributed by atoms with van der Waals surface area (Å²) in [6.07, 6.45) is -0.323. The Morgan fingerprint density at radius 2 is 2.18 bits per heavy atom. The average Bonchev–Trinajstić information content (AvgIpc) is 2.29. The van der Waals surface area contributed by atoms with Crippen LogP contribution in [-0.4, -0.2) is 28.0 Å². The van der Waals surface area contributed by atoms with Crippen LogP contribution in [0.2, 0.25) is 5.02 Å². The van der Waals surface area contributed by atoms with Crippen molar-refractivity contribution in [3.05, 3.63) is 22.8 Å². The second-order valence-corrected chi connectivity index (χ2v) is 5.68. The Hall–Kier alpha value is -0.450. The van der Waals surface area contributed by atoms with Gasteiger partial charge in [-0.05, 0) is 26.0 Å². The van der Waals surface area contributed by atoms with Crippen molar-refractivity contribution in [2.75, 3.05) is 11.9 Å². The first-order chi connectivity index (χ1) is 8.04. The number of nitrogens with one attached hydrogen (secondary N) is 1. The number of aliphatic hydroxyl groups excluding tert-OH is 1. The Morgan fingerprint density at radius 1 is 1.47 bits per heavy atom. The van der Waals surface area contributed by atoms with Crippen molar-refractivity contribution < 1.29 is 5.11 Å². The van der Waals surface area contributed by atoms with Crippen LogP contribution in [0.1, 0.15) is 26.5 Å². The van der Waals surface area contributed by atoms with Gasteiger partial charge >= 0.3 is 0 Å². The maximum atomic E-state index is 9.42. The van der Waals surface area contributed by atoms with E-state index in [2.05, 4.69) is 10.3 Å². The smallest absolute Gasteiger partial charge is 0.126 e. The van der Waals surface area contributed by atoms with Crippen molar-refractivity contribution in [2.45, 2.75) is 37.9 Å². The first kappa shape index (κ1) is 14.6. The molecular formula is C12H19ClN2OS. The Balaban J connectivity index is 2.66. The number of halogens is 1. The number of aromatic nitrogens is 1. The van der Waals surface area contributed by atoms with Gasteiger partial charge in [-0.3, -0.25) is 0 Å². The SMILES string of the molecule is CCNc1ccc(Cl)c(CSC(C)C(C)O)n1. The maximum absolute atomic E-state index is 9.42. The number of pyridine rings is 1. The van der Waals surface area contributed by atoms with E-state index in [4.69, 9.17) is 11.6 Å². The third-order valence-electron chi connectivity index (χ3n) is 2.44. The lowest BCUT2D eigenvalue weighted by Crippen LogP contribution is -2.15. The topological polar surface area (TPSA) is 45.1 Å². The monoisotopic (exact) mass is 274 g/mol. The summed E-state index contributed by atoms with van der Waals surface area (Å²) in [6.45, 7) is 6.66. The van der Waals surface area contributed by atoms with E-state index in [9.17, 15) is 5.11 Å². The van der Waals surface area contributed by atoms with Gasteiger partial charge in [0.2, 0.25) is 0 Å². The number of hydrogen-bond donors (Lipinski definition) is 2. The zero-order valence-electron chi connectivity index (χ0n) is 10.4. The molecule has 1 rings (SSSR count). The molecule has 0 saturated heterocycles. The molecule has 2 N–H and O–H groups in total. The molecule has 0 aliphatic carbocycles. The first-order valence-corrected chi connectivity index (χ1v) is 7.16. The Labute approximate surface area is 112 Å². The minimum Gasteiger partial charge on any atom is -0.392 e. The van der Waals surface area contributed by atoms with Crippen LogP contribution in [0.5, 0.6) is 0 Å². The molecule has 2 atom stereocenters. The van der Waals surface area contributed by atoms with Crippen molar-refractivity contribution in [3.63, 3.8) is 0 Å². The number of aliphatic hydroxyl groups is 1. The largest absolute Gasteiger partial charge is 0.392 e. The fourth-order valence-electron chi connectivity index (χ4n) is 1.21. The molecule has 96 valence electrons. The minimum absolute atomic E-state index is 0.177. The van der Waals surface area contributed by atoms with E-state index in [1.807, 2.05) is 26.0 Å². The summed E-state index contributed by atoms with van der Waals surface area (Å²) >= 11 is 7.75. The van der Waals surface area contributed by atoms with Crippen LogP contribution in [0.15, 0.2) is 12.1 Å². The van der Waals surface area contributed by atoms with Crippen molar-refractivity contribution in [3.8, 4) is 0 Å². The van der Waals surface area contributed by atoms with Crippen LogP contribution >= 0.6 is 23.4 Å². The molecule has 0 aliphatic rings. The third-order valence-corrected chi connectivity index (χ3v) is 4.14. The molecule has 1 aromatic rings. The van der Waals surface area contributed by atoms with Crippen LogP contribution in [0.3, 0.4) is 0 Å². The summed E-state index contributed by atoms with van der Waals surface area (Å²) in [4.78, 5) is 4.45. The van der Waals surface area contributed by atoms with Crippen molar-refractivity contribution in [1.82, 2.24) is 4.98 Å². The summed E-state index contributed by atoms with van der Waals surface area (Å²) in [5.74, 6) is 1.56. The van der Waals surface area contributed by atoms with E-state index in [0.29, 0.717) is 10.8 Å². The summed E-state index contributed by atoms with van der Waals surface area (Å²) in [7, 11) is 0. The van der Waals surface area contributed by atoms with Crippen LogP contribution in [0.25, 0.3) is 0 Å². The average molecular weight is 275 g/mol. The van der Waals surface area contributed by atoms with Crippen molar-refractivity contribution in [1.29, 1.82) is 0 Å². The molecule has 0 amide bonds. The van der Waals surface area contributed by atoms with Gasteiger partial charge in [-0.15, -0.1) is 11.8 Å². The van der Waals surface area contributed by atoms with E-state index in [1.165, 1.54) is 0 Å². The second-order valence-electron chi connectivity index (χ2n) is 3.91. The lowest BCUT2D eigenvalue weighted by atomic mass is 10.3. The van der Waals surface area contributed by atoms with Crippen molar-refractivity contribution >= 4 is 29.2 Å². The first-order valence-electron chi connectivity index (χ1n) is 5.73. The van der Waals surface area contributed by atoms with Gasteiger partial charge in [0.05, 0.1) is 16.8 Å². The molecule has 0 saturated carbocycles. The van der Waals surface area contributed by atoms with Gasteiger partial charge in [0, 0.05) is 17.5 Å². The molecular weight excluding hydrogens is 256 g/mol. The molecule has 0 spiro atoms.